The van der Waals surface area contributed by atoms with Gasteiger partial charge < -0.3 is 14.9 Å². The zero-order valence-corrected chi connectivity index (χ0v) is 12.4. The summed E-state index contributed by atoms with van der Waals surface area (Å²) in [5.41, 5.74) is 1.67. The number of nitrogens with zero attached hydrogens (tertiary/aromatic N) is 1. The van der Waals surface area contributed by atoms with Gasteiger partial charge in [0.05, 0.1) is 21.4 Å². The number of carboxylic acids is 1. The van der Waals surface area contributed by atoms with Crippen LogP contribution < -0.4 is 5.32 Å². The number of rotatable bonds is 4. The van der Waals surface area contributed by atoms with E-state index in [2.05, 4.69) is 26.4 Å². The van der Waals surface area contributed by atoms with Crippen LogP contribution in [0, 0.1) is 19.7 Å². The molecule has 0 fully saturated rings. The van der Waals surface area contributed by atoms with Crippen LogP contribution in [0.5, 0.6) is 0 Å². The lowest BCUT2D eigenvalue weighted by atomic mass is 10.1. The Labute approximate surface area is 122 Å². The Morgan fingerprint density at radius 3 is 2.75 bits per heavy atom. The van der Waals surface area contributed by atoms with E-state index in [1.54, 1.807) is 13.8 Å². The van der Waals surface area contributed by atoms with E-state index in [4.69, 9.17) is 9.63 Å². The summed E-state index contributed by atoms with van der Waals surface area (Å²) in [6.45, 7) is 3.92. The van der Waals surface area contributed by atoms with Crippen molar-refractivity contribution in [2.24, 2.45) is 0 Å². The van der Waals surface area contributed by atoms with Crippen molar-refractivity contribution < 1.29 is 18.8 Å². The molecule has 1 aromatic heterocycles. The predicted molar refractivity (Wildman–Crippen MR) is 74.4 cm³/mol. The van der Waals surface area contributed by atoms with Gasteiger partial charge in [0.15, 0.2) is 5.82 Å². The molecule has 0 bridgehead atoms. The molecule has 7 heteroatoms. The number of benzene rings is 1. The lowest BCUT2D eigenvalue weighted by molar-refractivity contribution is 0.0695. The van der Waals surface area contributed by atoms with Crippen LogP contribution in [0.4, 0.5) is 10.1 Å². The number of halogens is 2. The summed E-state index contributed by atoms with van der Waals surface area (Å²) in [5.74, 6) is -1.17. The second-order valence-electron chi connectivity index (χ2n) is 4.25. The van der Waals surface area contributed by atoms with E-state index in [9.17, 15) is 9.18 Å². The average molecular weight is 343 g/mol. The Bertz CT molecular complexity index is 650. The molecular weight excluding hydrogens is 331 g/mol. The maximum Gasteiger partial charge on any atom is 0.336 e. The topological polar surface area (TPSA) is 75.4 Å². The van der Waals surface area contributed by atoms with Crippen molar-refractivity contribution in [2.45, 2.75) is 20.4 Å². The summed E-state index contributed by atoms with van der Waals surface area (Å²) in [7, 11) is 0. The molecule has 0 saturated heterocycles. The molecular formula is C13H12BrFN2O3. The quantitative estimate of drug-likeness (QED) is 0.889. The molecule has 106 valence electrons. The summed E-state index contributed by atoms with van der Waals surface area (Å²) in [5, 5.41) is 15.6. The second kappa shape index (κ2) is 5.62. The molecule has 0 spiro atoms. The molecule has 2 rings (SSSR count). The predicted octanol–water partition coefficient (Wildman–Crippen LogP) is 3.50. The van der Waals surface area contributed by atoms with Crippen molar-refractivity contribution >= 4 is 27.6 Å². The molecule has 2 N–H and O–H groups in total. The van der Waals surface area contributed by atoms with Crippen LogP contribution >= 0.6 is 15.9 Å². The highest BCUT2D eigenvalue weighted by Crippen LogP contribution is 2.27. The van der Waals surface area contributed by atoms with Gasteiger partial charge in [-0.25, -0.2) is 9.18 Å². The van der Waals surface area contributed by atoms with E-state index in [1.807, 2.05) is 0 Å². The van der Waals surface area contributed by atoms with Crippen molar-refractivity contribution in [2.75, 3.05) is 5.32 Å². The number of anilines is 1. The summed E-state index contributed by atoms with van der Waals surface area (Å²) in [6, 6.07) is 2.73. The molecule has 0 radical (unpaired) electrons. The van der Waals surface area contributed by atoms with E-state index in [0.717, 1.165) is 11.3 Å². The molecule has 0 amide bonds. The van der Waals surface area contributed by atoms with Gasteiger partial charge in [-0.05, 0) is 41.9 Å². The molecule has 0 atom stereocenters. The van der Waals surface area contributed by atoms with E-state index in [1.165, 1.54) is 12.1 Å². The van der Waals surface area contributed by atoms with Gasteiger partial charge in [-0.1, -0.05) is 5.16 Å². The van der Waals surface area contributed by atoms with Gasteiger partial charge in [-0.15, -0.1) is 0 Å². The Morgan fingerprint density at radius 1 is 1.50 bits per heavy atom. The monoisotopic (exact) mass is 342 g/mol. The van der Waals surface area contributed by atoms with Gasteiger partial charge in [0.1, 0.15) is 5.76 Å². The third kappa shape index (κ3) is 2.67. The van der Waals surface area contributed by atoms with Gasteiger partial charge in [-0.3, -0.25) is 0 Å². The lowest BCUT2D eigenvalue weighted by Crippen LogP contribution is -2.06. The number of hydrogen-bond donors (Lipinski definition) is 2. The zero-order valence-electron chi connectivity index (χ0n) is 10.8. The summed E-state index contributed by atoms with van der Waals surface area (Å²) < 4.78 is 19.0. The Morgan fingerprint density at radius 2 is 2.20 bits per heavy atom. The largest absolute Gasteiger partial charge is 0.478 e. The molecule has 0 aliphatic carbocycles. The van der Waals surface area contributed by atoms with E-state index in [0.29, 0.717) is 12.3 Å². The first-order chi connectivity index (χ1) is 9.41. The van der Waals surface area contributed by atoms with Crippen LogP contribution in [-0.4, -0.2) is 16.2 Å². The summed E-state index contributed by atoms with van der Waals surface area (Å²) in [6.07, 6.45) is 0. The number of hydrogen-bond acceptors (Lipinski definition) is 4. The second-order valence-corrected chi connectivity index (χ2v) is 5.04. The average Bonchev–Trinajstić information content (AvgIpc) is 2.71. The van der Waals surface area contributed by atoms with E-state index < -0.39 is 11.8 Å². The van der Waals surface area contributed by atoms with E-state index >= 15 is 0 Å². The normalized spacial score (nSPS) is 10.6. The van der Waals surface area contributed by atoms with Crippen LogP contribution in [-0.2, 0) is 6.54 Å². The molecule has 1 aromatic carbocycles. The van der Waals surface area contributed by atoms with Crippen molar-refractivity contribution in [1.29, 1.82) is 0 Å². The fourth-order valence-electron chi connectivity index (χ4n) is 1.79. The maximum absolute atomic E-state index is 14.0. The van der Waals surface area contributed by atoms with Crippen molar-refractivity contribution in [3.05, 3.63) is 45.0 Å². The van der Waals surface area contributed by atoms with Crippen LogP contribution in [0.3, 0.4) is 0 Å². The highest BCUT2D eigenvalue weighted by Gasteiger charge is 2.16. The Balaban J connectivity index is 2.23. The van der Waals surface area contributed by atoms with Crippen molar-refractivity contribution in [3.63, 3.8) is 0 Å². The van der Waals surface area contributed by atoms with Crippen LogP contribution in [0.15, 0.2) is 21.1 Å². The van der Waals surface area contributed by atoms with E-state index in [-0.39, 0.29) is 15.7 Å². The highest BCUT2D eigenvalue weighted by molar-refractivity contribution is 9.10. The number of carbonyl (C=O) groups is 1. The minimum Gasteiger partial charge on any atom is -0.478 e. The minimum absolute atomic E-state index is 0.0752. The van der Waals surface area contributed by atoms with Crippen LogP contribution in [0.25, 0.3) is 0 Å². The summed E-state index contributed by atoms with van der Waals surface area (Å²) >= 11 is 2.95. The molecule has 0 aliphatic heterocycles. The Hall–Kier alpha value is -1.89. The number of aryl methyl sites for hydroxylation is 2. The molecule has 0 unspecified atom stereocenters. The molecule has 20 heavy (non-hydrogen) atoms. The highest BCUT2D eigenvalue weighted by atomic mass is 79.9. The van der Waals surface area contributed by atoms with Crippen LogP contribution in [0.1, 0.15) is 27.4 Å². The third-order valence-electron chi connectivity index (χ3n) is 2.95. The van der Waals surface area contributed by atoms with Crippen LogP contribution in [0.2, 0.25) is 0 Å². The lowest BCUT2D eigenvalue weighted by Gasteiger charge is -2.10. The zero-order chi connectivity index (χ0) is 14.9. The third-order valence-corrected chi connectivity index (χ3v) is 3.72. The number of carboxylic acid groups (broad SMARTS) is 1. The minimum atomic E-state index is -1.19. The number of aromatic carboxylic acids is 1. The smallest absolute Gasteiger partial charge is 0.336 e. The molecule has 0 aliphatic rings. The van der Waals surface area contributed by atoms with Crippen molar-refractivity contribution in [1.82, 2.24) is 5.16 Å². The molecule has 0 saturated carbocycles. The van der Waals surface area contributed by atoms with Crippen molar-refractivity contribution in [3.8, 4) is 0 Å². The fourth-order valence-corrected chi connectivity index (χ4v) is 2.30. The maximum atomic E-state index is 14.0. The molecule has 2 aromatic rings. The summed E-state index contributed by atoms with van der Waals surface area (Å²) in [4.78, 5) is 10.9. The van der Waals surface area contributed by atoms with Gasteiger partial charge in [0, 0.05) is 12.1 Å². The molecule has 5 nitrogen and oxygen atoms in total. The SMILES string of the molecule is Cc1noc(C)c1CNc1ccc(C(=O)O)c(Br)c1F. The standard InChI is InChI=1S/C13H12BrFN2O3/c1-6-9(7(2)20-17-6)5-16-10-4-3-8(13(18)19)11(14)12(10)15/h3-4,16H,5H2,1-2H3,(H,18,19). The number of nitrogens with one attached hydrogen (secondary N) is 1. The van der Waals surface area contributed by atoms with Gasteiger partial charge in [0.2, 0.25) is 0 Å². The number of aromatic nitrogens is 1. The fraction of sp³-hybridized carbons (Fsp3) is 0.231. The first-order valence-electron chi connectivity index (χ1n) is 5.78. The van der Waals surface area contributed by atoms with Gasteiger partial charge in [-0.2, -0.15) is 0 Å². The first kappa shape index (κ1) is 14.5. The van der Waals surface area contributed by atoms with Gasteiger partial charge in [0.25, 0.3) is 0 Å². The van der Waals surface area contributed by atoms with Gasteiger partial charge >= 0.3 is 5.97 Å². The molecule has 1 heterocycles. The first-order valence-corrected chi connectivity index (χ1v) is 6.58. The Kier molecular flexibility index (Phi) is 4.08.